The summed E-state index contributed by atoms with van der Waals surface area (Å²) in [7, 11) is -4.57. The number of aromatic nitrogens is 4. The fourth-order valence-corrected chi connectivity index (χ4v) is 4.06. The normalized spacial score (nSPS) is 21.4. The molecular weight excluding hydrogens is 432 g/mol. The van der Waals surface area contributed by atoms with Crippen LogP contribution in [0.3, 0.4) is 0 Å². The SMILES string of the molecule is Nc1nc(S(=O)(=O)NC(=O)c2ccccc2O)nc2c1ncn2[C@H]1CC(O)[C@@H](CO)O1. The Bertz CT molecular complexity index is 1260. The number of hydrogen-bond donors (Lipinski definition) is 5. The number of phenols is 1. The number of nitrogens with two attached hydrogens (primary N) is 1. The number of nitrogens with one attached hydrogen (secondary N) is 1. The molecule has 1 aromatic carbocycles. The average Bonchev–Trinajstić information content (AvgIpc) is 3.31. The van der Waals surface area contributed by atoms with Gasteiger partial charge in [-0.3, -0.25) is 9.36 Å². The number of aromatic hydroxyl groups is 1. The van der Waals surface area contributed by atoms with Gasteiger partial charge >= 0.3 is 0 Å². The van der Waals surface area contributed by atoms with Gasteiger partial charge in [0.2, 0.25) is 0 Å². The van der Waals surface area contributed by atoms with Gasteiger partial charge < -0.3 is 25.8 Å². The molecule has 1 unspecified atom stereocenters. The zero-order valence-electron chi connectivity index (χ0n) is 15.8. The van der Waals surface area contributed by atoms with Crippen LogP contribution < -0.4 is 10.5 Å². The number of para-hydroxylation sites is 1. The van der Waals surface area contributed by atoms with E-state index in [0.29, 0.717) is 0 Å². The van der Waals surface area contributed by atoms with Crippen LogP contribution in [0.2, 0.25) is 0 Å². The van der Waals surface area contributed by atoms with Gasteiger partial charge in [-0.05, 0) is 12.1 Å². The Kier molecular flexibility index (Phi) is 5.22. The molecule has 0 radical (unpaired) electrons. The summed E-state index contributed by atoms with van der Waals surface area (Å²) in [6.07, 6.45) is -1.13. The van der Waals surface area contributed by atoms with Crippen molar-refractivity contribution in [1.82, 2.24) is 24.2 Å². The number of benzene rings is 1. The number of amides is 1. The van der Waals surface area contributed by atoms with Gasteiger partial charge in [-0.1, -0.05) is 12.1 Å². The Morgan fingerprint density at radius 2 is 2.06 bits per heavy atom. The summed E-state index contributed by atoms with van der Waals surface area (Å²) in [4.78, 5) is 24.1. The minimum Gasteiger partial charge on any atom is -0.507 e. The van der Waals surface area contributed by atoms with Gasteiger partial charge in [0.15, 0.2) is 11.5 Å². The number of rotatable bonds is 5. The topological polar surface area (TPSA) is 203 Å². The molecule has 14 heteroatoms. The second-order valence-corrected chi connectivity index (χ2v) is 8.36. The predicted molar refractivity (Wildman–Crippen MR) is 104 cm³/mol. The molecule has 3 atom stereocenters. The summed E-state index contributed by atoms with van der Waals surface area (Å²) in [5, 5.41) is 28.2. The number of aliphatic hydroxyl groups excluding tert-OH is 2. The van der Waals surface area contributed by atoms with Crippen LogP contribution in [-0.2, 0) is 14.8 Å². The Labute approximate surface area is 175 Å². The molecule has 1 fully saturated rings. The van der Waals surface area contributed by atoms with Crippen LogP contribution in [-0.4, -0.2) is 68.0 Å². The lowest BCUT2D eigenvalue weighted by atomic mass is 10.2. The van der Waals surface area contributed by atoms with Crippen LogP contribution in [0.15, 0.2) is 35.7 Å². The van der Waals surface area contributed by atoms with E-state index in [2.05, 4.69) is 15.0 Å². The van der Waals surface area contributed by atoms with Crippen LogP contribution in [0.4, 0.5) is 5.82 Å². The minimum atomic E-state index is -4.57. The van der Waals surface area contributed by atoms with E-state index in [1.165, 1.54) is 35.2 Å². The van der Waals surface area contributed by atoms with Crippen molar-refractivity contribution in [3.8, 4) is 5.75 Å². The largest absolute Gasteiger partial charge is 0.507 e. The number of aliphatic hydroxyl groups is 2. The highest BCUT2D eigenvalue weighted by Gasteiger charge is 2.36. The molecule has 6 N–H and O–H groups in total. The molecule has 4 rings (SSSR count). The highest BCUT2D eigenvalue weighted by molar-refractivity contribution is 7.89. The number of sulfonamides is 1. The molecule has 164 valence electrons. The molecule has 0 bridgehead atoms. The third kappa shape index (κ3) is 3.76. The van der Waals surface area contributed by atoms with Gasteiger partial charge in [0.05, 0.1) is 24.6 Å². The van der Waals surface area contributed by atoms with Crippen molar-refractivity contribution in [3.63, 3.8) is 0 Å². The first-order chi connectivity index (χ1) is 14.7. The number of nitrogen functional groups attached to an aromatic ring is 1. The third-order valence-corrected chi connectivity index (χ3v) is 5.86. The van der Waals surface area contributed by atoms with E-state index >= 15 is 0 Å². The number of nitrogens with zero attached hydrogens (tertiary/aromatic N) is 4. The molecule has 1 saturated heterocycles. The number of carbonyl (C=O) groups excluding carboxylic acids is 1. The maximum absolute atomic E-state index is 12.7. The minimum absolute atomic E-state index is 0.00123. The van der Waals surface area contributed by atoms with Crippen molar-refractivity contribution >= 4 is 32.9 Å². The fourth-order valence-electron chi connectivity index (χ4n) is 3.19. The molecule has 3 heterocycles. The van der Waals surface area contributed by atoms with E-state index in [-0.39, 0.29) is 29.0 Å². The number of phenolic OH excluding ortho intramolecular Hbond substituents is 1. The number of hydrogen-bond acceptors (Lipinski definition) is 11. The first kappa shape index (κ1) is 20.9. The molecule has 1 amide bonds. The van der Waals surface area contributed by atoms with E-state index in [9.17, 15) is 28.5 Å². The Morgan fingerprint density at radius 1 is 1.32 bits per heavy atom. The summed E-state index contributed by atoms with van der Waals surface area (Å²) in [6, 6.07) is 5.41. The van der Waals surface area contributed by atoms with Gasteiger partial charge in [0.25, 0.3) is 21.1 Å². The lowest BCUT2D eigenvalue weighted by Gasteiger charge is -2.14. The maximum Gasteiger partial charge on any atom is 0.300 e. The quantitative estimate of drug-likeness (QED) is 0.294. The summed E-state index contributed by atoms with van der Waals surface area (Å²) < 4.78 is 34.1. The summed E-state index contributed by atoms with van der Waals surface area (Å²) in [5.41, 5.74) is 5.68. The van der Waals surface area contributed by atoms with Gasteiger partial charge in [-0.25, -0.2) is 9.71 Å². The first-order valence-electron chi connectivity index (χ1n) is 9.01. The van der Waals surface area contributed by atoms with Crippen molar-refractivity contribution in [3.05, 3.63) is 36.2 Å². The molecule has 0 spiro atoms. The molecule has 0 aliphatic carbocycles. The van der Waals surface area contributed by atoms with Gasteiger partial charge in [-0.2, -0.15) is 18.4 Å². The molecule has 3 aromatic rings. The van der Waals surface area contributed by atoms with Crippen molar-refractivity contribution in [2.45, 2.75) is 30.0 Å². The molecule has 1 aliphatic heterocycles. The second kappa shape index (κ2) is 7.73. The number of ether oxygens (including phenoxy) is 1. The molecule has 13 nitrogen and oxygen atoms in total. The van der Waals surface area contributed by atoms with Crippen LogP contribution >= 0.6 is 0 Å². The van der Waals surface area contributed by atoms with Crippen LogP contribution in [0, 0.1) is 0 Å². The van der Waals surface area contributed by atoms with Crippen molar-refractivity contribution in [2.75, 3.05) is 12.3 Å². The molecular formula is C17H18N6O7S. The molecule has 1 aliphatic rings. The Balaban J connectivity index is 1.69. The lowest BCUT2D eigenvalue weighted by molar-refractivity contribution is -0.0432. The predicted octanol–water partition coefficient (Wildman–Crippen LogP) is -1.13. The van der Waals surface area contributed by atoms with Gasteiger partial charge in [-0.15, -0.1) is 0 Å². The monoisotopic (exact) mass is 450 g/mol. The number of carbonyl (C=O) groups is 1. The van der Waals surface area contributed by atoms with E-state index in [4.69, 9.17) is 10.5 Å². The second-order valence-electron chi connectivity index (χ2n) is 6.78. The Hall–Kier alpha value is -3.33. The number of fused-ring (bicyclic) bond motifs is 1. The highest BCUT2D eigenvalue weighted by atomic mass is 32.2. The summed E-state index contributed by atoms with van der Waals surface area (Å²) in [6.45, 7) is -0.403. The average molecular weight is 450 g/mol. The van der Waals surface area contributed by atoms with Gasteiger partial charge in [0, 0.05) is 6.42 Å². The Morgan fingerprint density at radius 3 is 2.74 bits per heavy atom. The zero-order chi connectivity index (χ0) is 22.3. The summed E-state index contributed by atoms with van der Waals surface area (Å²) >= 11 is 0. The van der Waals surface area contributed by atoms with E-state index in [0.717, 1.165) is 0 Å². The first-order valence-corrected chi connectivity index (χ1v) is 10.5. The lowest BCUT2D eigenvalue weighted by Crippen LogP contribution is -2.32. The van der Waals surface area contributed by atoms with Crippen molar-refractivity contribution in [2.24, 2.45) is 0 Å². The number of imidazole rings is 1. The standard InChI is InChI=1S/C17H18N6O7S/c18-14-13-15(23(7-19-13)12-5-10(26)11(6-24)30-12)21-17(20-14)31(28,29)22-16(27)8-3-1-2-4-9(8)25/h1-4,7,10-12,24-26H,5-6H2,(H,22,27)(H2,18,20,21)/t10?,11-,12-/m1/s1. The van der Waals surface area contributed by atoms with E-state index < -0.39 is 51.9 Å². The summed E-state index contributed by atoms with van der Waals surface area (Å²) in [5.74, 6) is -1.74. The zero-order valence-corrected chi connectivity index (χ0v) is 16.6. The number of anilines is 1. The molecule has 31 heavy (non-hydrogen) atoms. The third-order valence-electron chi connectivity index (χ3n) is 4.74. The smallest absolute Gasteiger partial charge is 0.300 e. The molecule has 2 aromatic heterocycles. The van der Waals surface area contributed by atoms with Gasteiger partial charge in [0.1, 0.15) is 23.6 Å². The maximum atomic E-state index is 12.7. The van der Waals surface area contributed by atoms with Crippen molar-refractivity contribution in [1.29, 1.82) is 0 Å². The van der Waals surface area contributed by atoms with Crippen LogP contribution in [0.1, 0.15) is 23.0 Å². The van der Waals surface area contributed by atoms with E-state index in [1.54, 1.807) is 4.72 Å². The van der Waals surface area contributed by atoms with Crippen LogP contribution in [0.25, 0.3) is 11.2 Å². The highest BCUT2D eigenvalue weighted by Crippen LogP contribution is 2.31. The van der Waals surface area contributed by atoms with Crippen molar-refractivity contribution < 1.29 is 33.3 Å². The fraction of sp³-hybridized carbons (Fsp3) is 0.294. The molecule has 0 saturated carbocycles. The van der Waals surface area contributed by atoms with E-state index in [1.807, 2.05) is 0 Å². The van der Waals surface area contributed by atoms with Crippen LogP contribution in [0.5, 0.6) is 5.75 Å².